The topological polar surface area (TPSA) is 93.6 Å². The van der Waals surface area contributed by atoms with Crippen molar-refractivity contribution in [2.45, 2.75) is 53.1 Å². The largest absolute Gasteiger partial charge is 0.392 e. The van der Waals surface area contributed by atoms with Crippen LogP contribution < -0.4 is 5.32 Å². The first-order valence-corrected chi connectivity index (χ1v) is 16.1. The van der Waals surface area contributed by atoms with Gasteiger partial charge in [0.15, 0.2) is 10.6 Å². The number of halogens is 3. The summed E-state index contributed by atoms with van der Waals surface area (Å²) in [4.78, 5) is 12.0. The van der Waals surface area contributed by atoms with E-state index in [1.807, 2.05) is 73.7 Å². The smallest absolute Gasteiger partial charge is 0.272 e. The van der Waals surface area contributed by atoms with Gasteiger partial charge >= 0.3 is 0 Å². The Hall–Kier alpha value is -2.21. The molecule has 1 amide bonds. The molecule has 0 bridgehead atoms. The molecular weight excluding hydrogens is 637 g/mol. The van der Waals surface area contributed by atoms with E-state index in [-0.39, 0.29) is 25.4 Å². The molecule has 3 aromatic carbocycles. The molecule has 0 unspecified atom stereocenters. The molecule has 4 aromatic rings. The Morgan fingerprint density at radius 1 is 1.00 bits per heavy atom. The highest BCUT2D eigenvalue weighted by molar-refractivity contribution is 8.01. The highest BCUT2D eigenvalue weighted by Gasteiger charge is 2.33. The van der Waals surface area contributed by atoms with Crippen molar-refractivity contribution in [3.8, 4) is 11.1 Å². The fraction of sp³-hybridized carbons (Fsp3) is 0.300. The molecule has 1 aromatic heterocycles. The number of amides is 1. The van der Waals surface area contributed by atoms with Crippen LogP contribution in [0.1, 0.15) is 46.1 Å². The Labute approximate surface area is 267 Å². The van der Waals surface area contributed by atoms with E-state index in [9.17, 15) is 9.90 Å². The normalized spacial score (nSPS) is 19.0. The first-order valence-electron chi connectivity index (χ1n) is 13.2. The summed E-state index contributed by atoms with van der Waals surface area (Å²) in [6.45, 7) is 2.15. The van der Waals surface area contributed by atoms with Crippen molar-refractivity contribution in [2.75, 3.05) is 5.75 Å². The molecule has 0 aliphatic carbocycles. The molecule has 12 heteroatoms. The Bertz CT molecular complexity index is 1510. The molecular formula is C30H28Cl3N3O4S2. The number of hydrogen-bond acceptors (Lipinski definition) is 8. The molecule has 1 aliphatic heterocycles. The van der Waals surface area contributed by atoms with Gasteiger partial charge in [-0.1, -0.05) is 119 Å². The monoisotopic (exact) mass is 663 g/mol. The number of benzene rings is 3. The average Bonchev–Trinajstić information content (AvgIpc) is 3.43. The third kappa shape index (κ3) is 8.24. The lowest BCUT2D eigenvalue weighted by Crippen LogP contribution is -2.33. The number of hydrogen-bond donors (Lipinski definition) is 2. The molecule has 5 rings (SSSR count). The lowest BCUT2D eigenvalue weighted by atomic mass is 9.99. The molecule has 0 radical (unpaired) electrons. The molecule has 1 aliphatic rings. The second-order valence-electron chi connectivity index (χ2n) is 9.75. The second-order valence-corrected chi connectivity index (χ2v) is 14.5. The van der Waals surface area contributed by atoms with Gasteiger partial charge in [-0.2, -0.15) is 0 Å². The zero-order valence-electron chi connectivity index (χ0n) is 22.5. The molecule has 1 fully saturated rings. The van der Waals surface area contributed by atoms with Crippen LogP contribution in [0.3, 0.4) is 0 Å². The third-order valence-corrected chi connectivity index (χ3v) is 9.26. The first-order chi connectivity index (χ1) is 20.2. The molecule has 1 saturated heterocycles. The van der Waals surface area contributed by atoms with E-state index in [2.05, 4.69) is 21.6 Å². The Kier molecular flexibility index (Phi) is 10.4. The number of ether oxygens (including phenoxy) is 2. The quantitative estimate of drug-likeness (QED) is 0.143. The van der Waals surface area contributed by atoms with Crippen LogP contribution in [0.5, 0.6) is 0 Å². The van der Waals surface area contributed by atoms with Gasteiger partial charge in [0.2, 0.25) is 0 Å². The van der Waals surface area contributed by atoms with Gasteiger partial charge in [0.1, 0.15) is 5.01 Å². The summed E-state index contributed by atoms with van der Waals surface area (Å²) in [6.07, 6.45) is -0.183. The standard InChI is InChI=1S/C30H28Cl3N3O4S2/c1-18-35-36-29(42-18)41-17-25-14-26(21-10-8-19(16-37)9-11-21)40-27(39-25)24-7-3-6-23(13-24)22-5-2-4-20(12-22)15-34-28(38)30(31,32)33/h2-13,25-27,37H,14-17H2,1H3,(H,34,38)/t25-,26+,27+/m1/s1. The van der Waals surface area contributed by atoms with Crippen LogP contribution in [0.2, 0.25) is 0 Å². The third-order valence-electron chi connectivity index (χ3n) is 6.64. The van der Waals surface area contributed by atoms with Gasteiger partial charge in [-0.25, -0.2) is 0 Å². The van der Waals surface area contributed by atoms with E-state index >= 15 is 0 Å². The summed E-state index contributed by atoms with van der Waals surface area (Å²) in [5, 5.41) is 21.4. The van der Waals surface area contributed by atoms with E-state index in [0.29, 0.717) is 12.2 Å². The van der Waals surface area contributed by atoms with Gasteiger partial charge in [0.05, 0.1) is 18.8 Å². The number of aliphatic hydroxyl groups excluding tert-OH is 1. The first kappa shape index (κ1) is 31.2. The molecule has 2 N–H and O–H groups in total. The van der Waals surface area contributed by atoms with Crippen molar-refractivity contribution in [3.05, 3.63) is 100 Å². The van der Waals surface area contributed by atoms with Gasteiger partial charge in [-0.15, -0.1) is 10.2 Å². The zero-order chi connectivity index (χ0) is 29.7. The number of aromatic nitrogens is 2. The maximum atomic E-state index is 12.0. The molecule has 42 heavy (non-hydrogen) atoms. The SMILES string of the molecule is Cc1nnc(SC[C@H]2C[C@@H](c3ccc(CO)cc3)O[C@@H](c3cccc(-c4cccc(CNC(=O)C(Cl)(Cl)Cl)c4)c3)O2)s1. The maximum absolute atomic E-state index is 12.0. The maximum Gasteiger partial charge on any atom is 0.272 e. The van der Waals surface area contributed by atoms with Gasteiger partial charge in [-0.3, -0.25) is 4.79 Å². The van der Waals surface area contributed by atoms with Crippen molar-refractivity contribution in [3.63, 3.8) is 0 Å². The summed E-state index contributed by atoms with van der Waals surface area (Å²) in [5.41, 5.74) is 5.56. The highest BCUT2D eigenvalue weighted by Crippen LogP contribution is 2.40. The van der Waals surface area contributed by atoms with Gasteiger partial charge in [0, 0.05) is 24.3 Å². The number of alkyl halides is 3. The van der Waals surface area contributed by atoms with Crippen molar-refractivity contribution < 1.29 is 19.4 Å². The second kappa shape index (κ2) is 14.1. The van der Waals surface area contributed by atoms with Gasteiger partial charge < -0.3 is 19.9 Å². The predicted molar refractivity (Wildman–Crippen MR) is 168 cm³/mol. The van der Waals surface area contributed by atoms with E-state index < -0.39 is 16.0 Å². The van der Waals surface area contributed by atoms with E-state index in [0.717, 1.165) is 42.7 Å². The molecule has 3 atom stereocenters. The minimum Gasteiger partial charge on any atom is -0.392 e. The van der Waals surface area contributed by atoms with Crippen molar-refractivity contribution in [2.24, 2.45) is 0 Å². The fourth-order valence-corrected chi connectivity index (χ4v) is 6.59. The zero-order valence-corrected chi connectivity index (χ0v) is 26.4. The van der Waals surface area contributed by atoms with Crippen molar-refractivity contribution in [1.29, 1.82) is 0 Å². The number of carbonyl (C=O) groups is 1. The molecule has 0 spiro atoms. The molecule has 2 heterocycles. The van der Waals surface area contributed by atoms with Crippen LogP contribution in [0.25, 0.3) is 11.1 Å². The van der Waals surface area contributed by atoms with E-state index in [1.54, 1.807) is 23.1 Å². The van der Waals surface area contributed by atoms with Crippen LogP contribution >= 0.6 is 57.9 Å². The van der Waals surface area contributed by atoms with Crippen LogP contribution in [0, 0.1) is 6.92 Å². The number of nitrogens with zero attached hydrogens (tertiary/aromatic N) is 2. The van der Waals surface area contributed by atoms with Crippen molar-refractivity contribution in [1.82, 2.24) is 15.5 Å². The average molecular weight is 665 g/mol. The number of nitrogens with one attached hydrogen (secondary N) is 1. The minimum absolute atomic E-state index is 0.00859. The number of aliphatic hydroxyl groups is 1. The van der Waals surface area contributed by atoms with Crippen LogP contribution in [-0.2, 0) is 27.4 Å². The van der Waals surface area contributed by atoms with Crippen LogP contribution in [0.15, 0.2) is 77.1 Å². The van der Waals surface area contributed by atoms with Gasteiger partial charge in [-0.05, 0) is 46.9 Å². The molecule has 0 saturated carbocycles. The summed E-state index contributed by atoms with van der Waals surface area (Å²) >= 11 is 20.2. The number of aryl methyl sites for hydroxylation is 1. The highest BCUT2D eigenvalue weighted by atomic mass is 35.6. The van der Waals surface area contributed by atoms with Crippen molar-refractivity contribution >= 4 is 63.8 Å². The summed E-state index contributed by atoms with van der Waals surface area (Å²) in [6, 6.07) is 23.7. The summed E-state index contributed by atoms with van der Waals surface area (Å²) in [5.74, 6) is 0.0301. The number of carbonyl (C=O) groups excluding carboxylic acids is 1. The van der Waals surface area contributed by atoms with Crippen LogP contribution in [0.4, 0.5) is 0 Å². The number of rotatable bonds is 9. The minimum atomic E-state index is -2.02. The lowest BCUT2D eigenvalue weighted by molar-refractivity contribution is -0.245. The number of thioether (sulfide) groups is 1. The molecule has 7 nitrogen and oxygen atoms in total. The predicted octanol–water partition coefficient (Wildman–Crippen LogP) is 7.33. The summed E-state index contributed by atoms with van der Waals surface area (Å²) in [7, 11) is 0. The Morgan fingerprint density at radius 3 is 2.43 bits per heavy atom. The van der Waals surface area contributed by atoms with Gasteiger partial charge in [0.25, 0.3) is 9.70 Å². The lowest BCUT2D eigenvalue weighted by Gasteiger charge is -2.36. The molecule has 220 valence electrons. The summed E-state index contributed by atoms with van der Waals surface area (Å²) < 4.78 is 11.9. The Balaban J connectivity index is 1.35. The van der Waals surface area contributed by atoms with E-state index in [4.69, 9.17) is 44.3 Å². The van der Waals surface area contributed by atoms with E-state index in [1.165, 1.54) is 0 Å². The Morgan fingerprint density at radius 2 is 1.74 bits per heavy atom. The van der Waals surface area contributed by atoms with Crippen LogP contribution in [-0.4, -0.2) is 36.9 Å². The fourth-order valence-electron chi connectivity index (χ4n) is 4.53.